The molecule has 0 saturated carbocycles. The van der Waals surface area contributed by atoms with Crippen LogP contribution in [0.15, 0.2) is 18.2 Å². The molecule has 0 aromatic heterocycles. The van der Waals surface area contributed by atoms with Gasteiger partial charge >= 0.3 is 0 Å². The number of Topliss-reactive ketones (excluding diaryl/α,β-unsaturated/α-hetero) is 1. The molecule has 0 N–H and O–H groups in total. The number of rotatable bonds is 0. The molecule has 1 heterocycles. The Morgan fingerprint density at radius 2 is 1.88 bits per heavy atom. The Kier molecular flexibility index (Phi) is 3.74. The molecular weight excluding hydrogens is 200 g/mol. The molecule has 0 fully saturated rings. The van der Waals surface area contributed by atoms with Crippen LogP contribution in [-0.2, 0) is 0 Å². The molecule has 1 aromatic rings. The number of hydrogen-bond donors (Lipinski definition) is 0. The van der Waals surface area contributed by atoms with Crippen LogP contribution in [-0.4, -0.2) is 11.4 Å². The number of hydrogen-bond acceptors (Lipinski definition) is 2. The van der Waals surface area contributed by atoms with Crippen LogP contribution < -0.4 is 4.74 Å². The van der Waals surface area contributed by atoms with Gasteiger partial charge in [-0.3, -0.25) is 4.79 Å². The zero-order valence-corrected chi connectivity index (χ0v) is 10.8. The van der Waals surface area contributed by atoms with Crippen molar-refractivity contribution in [3.8, 4) is 5.75 Å². The van der Waals surface area contributed by atoms with Gasteiger partial charge in [0.2, 0.25) is 0 Å². The van der Waals surface area contributed by atoms with E-state index in [1.54, 1.807) is 0 Å². The fraction of sp³-hybridized carbons (Fsp3) is 0.500. The number of ketones is 1. The Bertz CT molecular complexity index is 392. The van der Waals surface area contributed by atoms with Crippen LogP contribution in [0.1, 0.15) is 50.0 Å². The molecule has 0 saturated heterocycles. The highest BCUT2D eigenvalue weighted by atomic mass is 16.5. The number of ether oxygens (including phenoxy) is 1. The molecule has 0 bridgehead atoms. The molecule has 0 spiro atoms. The highest BCUT2D eigenvalue weighted by molar-refractivity contribution is 6.00. The summed E-state index contributed by atoms with van der Waals surface area (Å²) in [6, 6.07) is 5.74. The summed E-state index contributed by atoms with van der Waals surface area (Å²) in [7, 11) is 0. The molecule has 88 valence electrons. The first-order valence-corrected chi connectivity index (χ1v) is 5.81. The fourth-order valence-corrected chi connectivity index (χ4v) is 1.77. The van der Waals surface area contributed by atoms with Gasteiger partial charge in [-0.05, 0) is 32.9 Å². The van der Waals surface area contributed by atoms with E-state index in [1.807, 2.05) is 52.8 Å². The summed E-state index contributed by atoms with van der Waals surface area (Å²) in [5.41, 5.74) is 1.46. The lowest BCUT2D eigenvalue weighted by atomic mass is 9.92. The molecule has 1 aliphatic heterocycles. The van der Waals surface area contributed by atoms with E-state index in [9.17, 15) is 4.79 Å². The van der Waals surface area contributed by atoms with Gasteiger partial charge in [0.25, 0.3) is 0 Å². The first-order chi connectivity index (χ1) is 7.48. The van der Waals surface area contributed by atoms with Gasteiger partial charge in [-0.15, -0.1) is 0 Å². The van der Waals surface area contributed by atoms with E-state index in [0.29, 0.717) is 6.42 Å². The van der Waals surface area contributed by atoms with Crippen molar-refractivity contribution in [2.75, 3.05) is 0 Å². The van der Waals surface area contributed by atoms with Crippen LogP contribution in [0.4, 0.5) is 0 Å². The first-order valence-electron chi connectivity index (χ1n) is 5.81. The molecule has 2 nitrogen and oxygen atoms in total. The molecular formula is C14H20O2. The molecule has 1 aromatic carbocycles. The van der Waals surface area contributed by atoms with E-state index in [4.69, 9.17) is 4.74 Å². The van der Waals surface area contributed by atoms with Crippen molar-refractivity contribution in [1.29, 1.82) is 0 Å². The lowest BCUT2D eigenvalue weighted by molar-refractivity contribution is 0.0620. The maximum absolute atomic E-state index is 11.8. The Morgan fingerprint density at radius 1 is 1.25 bits per heavy atom. The van der Waals surface area contributed by atoms with Gasteiger partial charge in [-0.25, -0.2) is 0 Å². The van der Waals surface area contributed by atoms with E-state index >= 15 is 0 Å². The van der Waals surface area contributed by atoms with Crippen molar-refractivity contribution >= 4 is 5.78 Å². The molecule has 1 aliphatic rings. The van der Waals surface area contributed by atoms with Crippen molar-refractivity contribution in [2.45, 2.75) is 46.6 Å². The zero-order valence-electron chi connectivity index (χ0n) is 10.8. The van der Waals surface area contributed by atoms with Crippen LogP contribution in [0.2, 0.25) is 0 Å². The number of aryl methyl sites for hydroxylation is 1. The minimum Gasteiger partial charge on any atom is -0.487 e. The Hall–Kier alpha value is -1.31. The average molecular weight is 220 g/mol. The van der Waals surface area contributed by atoms with Crippen LogP contribution in [0, 0.1) is 6.92 Å². The average Bonchev–Trinajstić information content (AvgIpc) is 2.21. The molecule has 2 rings (SSSR count). The minimum atomic E-state index is -0.362. The van der Waals surface area contributed by atoms with Crippen molar-refractivity contribution in [3.63, 3.8) is 0 Å². The monoisotopic (exact) mass is 220 g/mol. The smallest absolute Gasteiger partial charge is 0.170 e. The van der Waals surface area contributed by atoms with Gasteiger partial charge in [0.15, 0.2) is 5.78 Å². The van der Waals surface area contributed by atoms with Gasteiger partial charge in [0.1, 0.15) is 11.4 Å². The molecule has 0 radical (unpaired) electrons. The highest BCUT2D eigenvalue weighted by Gasteiger charge is 2.32. The normalized spacial score (nSPS) is 16.7. The maximum Gasteiger partial charge on any atom is 0.170 e. The molecule has 0 unspecified atom stereocenters. The molecule has 2 heteroatoms. The summed E-state index contributed by atoms with van der Waals surface area (Å²) in [5.74, 6) is 0.900. The van der Waals surface area contributed by atoms with Gasteiger partial charge in [0.05, 0.1) is 12.0 Å². The van der Waals surface area contributed by atoms with E-state index < -0.39 is 0 Å². The zero-order chi connectivity index (χ0) is 12.3. The summed E-state index contributed by atoms with van der Waals surface area (Å²) < 4.78 is 5.72. The van der Waals surface area contributed by atoms with E-state index in [2.05, 4.69) is 0 Å². The topological polar surface area (TPSA) is 26.3 Å². The maximum atomic E-state index is 11.8. The number of carbonyl (C=O) groups excluding carboxylic acids is 1. The van der Waals surface area contributed by atoms with E-state index in [-0.39, 0.29) is 11.4 Å². The summed E-state index contributed by atoms with van der Waals surface area (Å²) in [4.78, 5) is 11.8. The van der Waals surface area contributed by atoms with E-state index in [0.717, 1.165) is 16.9 Å². The highest BCUT2D eigenvalue weighted by Crippen LogP contribution is 2.33. The SMILES string of the molecule is CC.Cc1ccc2c(c1)C(=O)CC(C)(C)O2. The fourth-order valence-electron chi connectivity index (χ4n) is 1.77. The first kappa shape index (κ1) is 12.8. The second-order valence-corrected chi connectivity index (χ2v) is 4.46. The van der Waals surface area contributed by atoms with Crippen LogP contribution >= 0.6 is 0 Å². The number of benzene rings is 1. The third kappa shape index (κ3) is 2.63. The second kappa shape index (κ2) is 4.69. The summed E-state index contributed by atoms with van der Waals surface area (Å²) in [5, 5.41) is 0. The second-order valence-electron chi connectivity index (χ2n) is 4.46. The quantitative estimate of drug-likeness (QED) is 0.665. The van der Waals surface area contributed by atoms with Crippen molar-refractivity contribution in [2.24, 2.45) is 0 Å². The van der Waals surface area contributed by atoms with Gasteiger partial charge in [-0.1, -0.05) is 25.5 Å². The predicted molar refractivity (Wildman–Crippen MR) is 66.2 cm³/mol. The Labute approximate surface area is 97.6 Å². The van der Waals surface area contributed by atoms with Gasteiger partial charge < -0.3 is 4.74 Å². The van der Waals surface area contributed by atoms with Crippen molar-refractivity contribution in [1.82, 2.24) is 0 Å². The lowest BCUT2D eigenvalue weighted by Gasteiger charge is -2.31. The molecule has 0 aliphatic carbocycles. The largest absolute Gasteiger partial charge is 0.487 e. The molecule has 16 heavy (non-hydrogen) atoms. The number of fused-ring (bicyclic) bond motifs is 1. The standard InChI is InChI=1S/C12H14O2.C2H6/c1-8-4-5-11-9(6-8)10(13)7-12(2,3)14-11;1-2/h4-6H,7H2,1-3H3;1-2H3. The van der Waals surface area contributed by atoms with Crippen LogP contribution in [0.5, 0.6) is 5.75 Å². The van der Waals surface area contributed by atoms with Gasteiger partial charge in [-0.2, -0.15) is 0 Å². The Balaban J connectivity index is 0.000000606. The van der Waals surface area contributed by atoms with E-state index in [1.165, 1.54) is 0 Å². The van der Waals surface area contributed by atoms with Crippen LogP contribution in [0.3, 0.4) is 0 Å². The lowest BCUT2D eigenvalue weighted by Crippen LogP contribution is -2.35. The molecule has 0 atom stereocenters. The number of carbonyl (C=O) groups is 1. The summed E-state index contributed by atoms with van der Waals surface area (Å²) in [6.07, 6.45) is 0.462. The third-order valence-electron chi connectivity index (χ3n) is 2.41. The molecule has 0 amide bonds. The Morgan fingerprint density at radius 3 is 2.50 bits per heavy atom. The van der Waals surface area contributed by atoms with Crippen molar-refractivity contribution < 1.29 is 9.53 Å². The minimum absolute atomic E-state index is 0.181. The third-order valence-corrected chi connectivity index (χ3v) is 2.41. The van der Waals surface area contributed by atoms with Crippen molar-refractivity contribution in [3.05, 3.63) is 29.3 Å². The summed E-state index contributed by atoms with van der Waals surface area (Å²) in [6.45, 7) is 9.86. The van der Waals surface area contributed by atoms with Gasteiger partial charge in [0, 0.05) is 0 Å². The van der Waals surface area contributed by atoms with Crippen LogP contribution in [0.25, 0.3) is 0 Å². The summed E-state index contributed by atoms with van der Waals surface area (Å²) >= 11 is 0. The predicted octanol–water partition coefficient (Wildman–Crippen LogP) is 3.77.